The van der Waals surface area contributed by atoms with Crippen molar-refractivity contribution in [3.63, 3.8) is 0 Å². The smallest absolute Gasteiger partial charge is 0.295 e. The Morgan fingerprint density at radius 3 is 2.18 bits per heavy atom. The van der Waals surface area contributed by atoms with E-state index in [0.717, 1.165) is 0 Å². The molecule has 0 saturated carbocycles. The van der Waals surface area contributed by atoms with Crippen molar-refractivity contribution in [2.24, 2.45) is 0 Å². The number of carbonyl (C=O) groups is 2. The van der Waals surface area contributed by atoms with Crippen LogP contribution in [0.1, 0.15) is 36.6 Å². The number of benzene rings is 3. The average Bonchev–Trinajstić information content (AvgIpc) is 3.13. The summed E-state index contributed by atoms with van der Waals surface area (Å²) in [5.74, 6) is -0.533. The maximum absolute atomic E-state index is 13.4. The number of para-hydroxylation sites is 1. The van der Waals surface area contributed by atoms with Gasteiger partial charge >= 0.3 is 0 Å². The van der Waals surface area contributed by atoms with Crippen molar-refractivity contribution in [1.29, 1.82) is 0 Å². The van der Waals surface area contributed by atoms with Crippen LogP contribution in [0.3, 0.4) is 0 Å². The van der Waals surface area contributed by atoms with Crippen LogP contribution in [0.4, 0.5) is 0 Å². The zero-order chi connectivity index (χ0) is 27.6. The highest BCUT2D eigenvalue weighted by Gasteiger charge is 2.46. The Kier molecular flexibility index (Phi) is 8.19. The lowest BCUT2D eigenvalue weighted by atomic mass is 9.95. The number of hydrogen-bond donors (Lipinski definition) is 1. The molecule has 1 atom stereocenters. The molecular weight excluding hydrogens is 529 g/mol. The number of halogens is 2. The average molecular weight is 556 g/mol. The molecule has 0 bridgehead atoms. The Morgan fingerprint density at radius 2 is 1.61 bits per heavy atom. The summed E-state index contributed by atoms with van der Waals surface area (Å²) in [6.07, 6.45) is -0.0263. The van der Waals surface area contributed by atoms with Gasteiger partial charge in [0.1, 0.15) is 17.3 Å². The van der Waals surface area contributed by atoms with E-state index in [9.17, 15) is 14.7 Å². The summed E-state index contributed by atoms with van der Waals surface area (Å²) < 4.78 is 16.4. The Hall–Kier alpha value is -3.68. The van der Waals surface area contributed by atoms with Crippen molar-refractivity contribution in [3.8, 4) is 17.2 Å². The third kappa shape index (κ3) is 5.30. The first kappa shape index (κ1) is 27.4. The van der Waals surface area contributed by atoms with E-state index >= 15 is 0 Å². The largest absolute Gasteiger partial charge is 0.507 e. The van der Waals surface area contributed by atoms with Gasteiger partial charge in [-0.2, -0.15) is 0 Å². The lowest BCUT2D eigenvalue weighted by Gasteiger charge is -2.26. The minimum atomic E-state index is -0.896. The highest BCUT2D eigenvalue weighted by Crippen LogP contribution is 2.43. The van der Waals surface area contributed by atoms with E-state index in [-0.39, 0.29) is 39.6 Å². The van der Waals surface area contributed by atoms with Gasteiger partial charge in [-0.1, -0.05) is 53.5 Å². The number of methoxy groups -OCH3 is 2. The van der Waals surface area contributed by atoms with Gasteiger partial charge in [-0.25, -0.2) is 0 Å². The summed E-state index contributed by atoms with van der Waals surface area (Å²) in [5.41, 5.74) is 1.42. The molecule has 1 N–H and O–H groups in total. The third-order valence-electron chi connectivity index (χ3n) is 6.12. The maximum Gasteiger partial charge on any atom is 0.295 e. The number of nitrogens with zero attached hydrogens (tertiary/aromatic N) is 1. The highest BCUT2D eigenvalue weighted by molar-refractivity contribution is 6.46. The molecule has 3 aromatic carbocycles. The molecule has 9 heteroatoms. The first-order valence-electron chi connectivity index (χ1n) is 11.9. The minimum Gasteiger partial charge on any atom is -0.507 e. The molecule has 0 spiro atoms. The molecule has 0 aliphatic carbocycles. The van der Waals surface area contributed by atoms with Crippen LogP contribution in [0.2, 0.25) is 10.0 Å². The molecule has 1 unspecified atom stereocenters. The number of rotatable bonds is 8. The predicted octanol–water partition coefficient (Wildman–Crippen LogP) is 6.42. The second-order valence-electron chi connectivity index (χ2n) is 8.95. The molecule has 0 radical (unpaired) electrons. The Morgan fingerprint density at radius 1 is 0.974 bits per heavy atom. The zero-order valence-electron chi connectivity index (χ0n) is 21.3. The maximum atomic E-state index is 13.4. The molecule has 4 rings (SSSR count). The topological polar surface area (TPSA) is 85.3 Å². The molecule has 1 aliphatic heterocycles. The van der Waals surface area contributed by atoms with Crippen LogP contribution >= 0.6 is 23.2 Å². The molecule has 7 nitrogen and oxygen atoms in total. The van der Waals surface area contributed by atoms with Crippen LogP contribution in [0.15, 0.2) is 66.2 Å². The summed E-state index contributed by atoms with van der Waals surface area (Å²) in [6, 6.07) is 16.3. The van der Waals surface area contributed by atoms with Gasteiger partial charge in [0.25, 0.3) is 11.7 Å². The first-order valence-corrected chi connectivity index (χ1v) is 12.6. The molecule has 1 aliphatic rings. The van der Waals surface area contributed by atoms with Crippen molar-refractivity contribution < 1.29 is 28.9 Å². The number of Topliss-reactive ketones (excluding diaryl/α,β-unsaturated/α-hetero) is 1. The van der Waals surface area contributed by atoms with Gasteiger partial charge in [-0.15, -0.1) is 0 Å². The SMILES string of the molecule is COc1ccccc1CN1C(=O)C(=O)/C(=C(/O)c2cc(Cl)c(OC)c(Cl)c2)C1c1ccc(OC(C)C)cc1. The number of aliphatic hydroxyl groups excluding tert-OH is 1. The summed E-state index contributed by atoms with van der Waals surface area (Å²) in [7, 11) is 2.96. The van der Waals surface area contributed by atoms with Crippen LogP contribution < -0.4 is 14.2 Å². The molecule has 1 heterocycles. The molecule has 0 aromatic heterocycles. The van der Waals surface area contributed by atoms with Gasteiger partial charge < -0.3 is 24.2 Å². The molecule has 1 amide bonds. The molecule has 1 fully saturated rings. The van der Waals surface area contributed by atoms with E-state index in [4.69, 9.17) is 37.4 Å². The van der Waals surface area contributed by atoms with E-state index in [1.807, 2.05) is 32.0 Å². The quantitative estimate of drug-likeness (QED) is 0.196. The molecule has 3 aromatic rings. The van der Waals surface area contributed by atoms with Gasteiger partial charge in [0.15, 0.2) is 5.75 Å². The molecule has 1 saturated heterocycles. The predicted molar refractivity (Wildman–Crippen MR) is 146 cm³/mol. The fourth-order valence-corrected chi connectivity index (χ4v) is 5.10. The van der Waals surface area contributed by atoms with Gasteiger partial charge in [-0.3, -0.25) is 9.59 Å². The molecule has 198 valence electrons. The van der Waals surface area contributed by atoms with Crippen LogP contribution in [-0.2, 0) is 16.1 Å². The number of aliphatic hydroxyl groups is 1. The number of ether oxygens (including phenoxy) is 3. The van der Waals surface area contributed by atoms with Crippen LogP contribution in [0.5, 0.6) is 17.2 Å². The van der Waals surface area contributed by atoms with Crippen molar-refractivity contribution in [2.45, 2.75) is 32.5 Å². The fraction of sp³-hybridized carbons (Fsp3) is 0.241. The Balaban J connectivity index is 1.87. The first-order chi connectivity index (χ1) is 18.2. The van der Waals surface area contributed by atoms with Crippen molar-refractivity contribution in [2.75, 3.05) is 14.2 Å². The monoisotopic (exact) mass is 555 g/mol. The lowest BCUT2D eigenvalue weighted by molar-refractivity contribution is -0.140. The van der Waals surface area contributed by atoms with E-state index in [1.165, 1.54) is 31.3 Å². The zero-order valence-corrected chi connectivity index (χ0v) is 22.8. The van der Waals surface area contributed by atoms with Gasteiger partial charge in [0.2, 0.25) is 0 Å². The van der Waals surface area contributed by atoms with Crippen molar-refractivity contribution in [3.05, 3.63) is 93.0 Å². The minimum absolute atomic E-state index is 0.0263. The summed E-state index contributed by atoms with van der Waals surface area (Å²) in [4.78, 5) is 28.2. The molecule has 38 heavy (non-hydrogen) atoms. The number of hydrogen-bond acceptors (Lipinski definition) is 6. The van der Waals surface area contributed by atoms with Crippen LogP contribution in [0.25, 0.3) is 5.76 Å². The lowest BCUT2D eigenvalue weighted by Crippen LogP contribution is -2.29. The Bertz CT molecular complexity index is 1380. The van der Waals surface area contributed by atoms with Gasteiger partial charge in [-0.05, 0) is 49.7 Å². The summed E-state index contributed by atoms with van der Waals surface area (Å²) in [5, 5.41) is 11.7. The number of amides is 1. The Labute approximate surface area is 231 Å². The molecular formula is C29H27Cl2NO6. The number of likely N-dealkylation sites (tertiary alicyclic amines) is 1. The third-order valence-corrected chi connectivity index (χ3v) is 6.68. The van der Waals surface area contributed by atoms with Gasteiger partial charge in [0, 0.05) is 11.1 Å². The normalized spacial score (nSPS) is 16.7. The fourth-order valence-electron chi connectivity index (χ4n) is 4.45. The van der Waals surface area contributed by atoms with Gasteiger partial charge in [0.05, 0.1) is 48.5 Å². The number of ketones is 1. The summed E-state index contributed by atoms with van der Waals surface area (Å²) >= 11 is 12.6. The van der Waals surface area contributed by atoms with E-state index in [2.05, 4.69) is 0 Å². The second-order valence-corrected chi connectivity index (χ2v) is 9.76. The van der Waals surface area contributed by atoms with Crippen molar-refractivity contribution >= 4 is 40.7 Å². The van der Waals surface area contributed by atoms with E-state index in [0.29, 0.717) is 22.6 Å². The summed E-state index contributed by atoms with van der Waals surface area (Å²) in [6.45, 7) is 3.91. The van der Waals surface area contributed by atoms with Crippen LogP contribution in [-0.4, -0.2) is 42.0 Å². The highest BCUT2D eigenvalue weighted by atomic mass is 35.5. The van der Waals surface area contributed by atoms with Crippen LogP contribution in [0, 0.1) is 0 Å². The van der Waals surface area contributed by atoms with Crippen molar-refractivity contribution in [1.82, 2.24) is 4.90 Å². The van der Waals surface area contributed by atoms with E-state index < -0.39 is 23.5 Å². The second kappa shape index (κ2) is 11.4. The standard InChI is InChI=1S/C29H27Cl2NO6/c1-16(2)38-20-11-9-17(10-12-20)25-24(26(33)19-13-21(30)28(37-4)22(31)14-19)27(34)29(35)32(25)15-18-7-5-6-8-23(18)36-3/h5-14,16,25,33H,15H2,1-4H3/b26-24+. The van der Waals surface area contributed by atoms with E-state index in [1.54, 1.807) is 30.3 Å². The number of carbonyl (C=O) groups excluding carboxylic acids is 2.